The Morgan fingerprint density at radius 2 is 2.50 bits per heavy atom. The van der Waals surface area contributed by atoms with Gasteiger partial charge in [-0.2, -0.15) is 0 Å². The van der Waals surface area contributed by atoms with Crippen LogP contribution in [0.25, 0.3) is 0 Å². The van der Waals surface area contributed by atoms with E-state index in [0.717, 1.165) is 0 Å². The number of thiocarbonyl (C=S) groups is 1. The third-order valence-corrected chi connectivity index (χ3v) is 0.612. The fourth-order valence-corrected chi connectivity index (χ4v) is 0.0589. The Kier molecular flexibility index (Phi) is 2.75. The highest BCUT2D eigenvalue weighted by Gasteiger charge is 1.79. The molecular formula is C3H5NOS. The molecule has 0 rings (SSSR count). The van der Waals surface area contributed by atoms with Crippen molar-refractivity contribution in [2.45, 2.75) is 0 Å². The average molecular weight is 103 g/mol. The van der Waals surface area contributed by atoms with Gasteiger partial charge in [-0.15, -0.1) is 0 Å². The van der Waals surface area contributed by atoms with Crippen LogP contribution in [0, 0.1) is 7.11 Å². The van der Waals surface area contributed by atoms with Crippen molar-refractivity contribution in [3.05, 3.63) is 7.11 Å². The molecule has 0 amide bonds. The van der Waals surface area contributed by atoms with Gasteiger partial charge in [-0.3, -0.25) is 0 Å². The fraction of sp³-hybridized carbons (Fsp3) is 0.333. The maximum Gasteiger partial charge on any atom is 0.256 e. The summed E-state index contributed by atoms with van der Waals surface area (Å²) in [5.74, 6) is 0. The number of rotatable bonds is 0. The summed E-state index contributed by atoms with van der Waals surface area (Å²) in [6, 6.07) is 0. The van der Waals surface area contributed by atoms with Gasteiger partial charge in [-0.1, -0.05) is 0 Å². The van der Waals surface area contributed by atoms with Gasteiger partial charge in [0.15, 0.2) is 7.11 Å². The predicted octanol–water partition coefficient (Wildman–Crippen LogP) is 0.176. The third-order valence-electron chi connectivity index (χ3n) is 0.311. The maximum atomic E-state index is 4.58. The maximum absolute atomic E-state index is 4.58. The van der Waals surface area contributed by atoms with Crippen LogP contribution in [-0.2, 0) is 4.74 Å². The minimum Gasteiger partial charge on any atom is -0.459 e. The van der Waals surface area contributed by atoms with E-state index in [-0.39, 0.29) is 5.17 Å². The molecule has 0 aliphatic heterocycles. The van der Waals surface area contributed by atoms with Crippen LogP contribution in [0.5, 0.6) is 0 Å². The molecule has 0 saturated heterocycles. The molecule has 2 nitrogen and oxygen atoms in total. The van der Waals surface area contributed by atoms with E-state index in [4.69, 9.17) is 0 Å². The monoisotopic (exact) mass is 103 g/mol. The van der Waals surface area contributed by atoms with Gasteiger partial charge in [0.05, 0.1) is 0 Å². The fourth-order valence-electron chi connectivity index (χ4n) is 0.0589. The van der Waals surface area contributed by atoms with Crippen molar-refractivity contribution >= 4 is 17.4 Å². The van der Waals surface area contributed by atoms with Crippen LogP contribution in [0.15, 0.2) is 0 Å². The zero-order chi connectivity index (χ0) is 4.99. The van der Waals surface area contributed by atoms with E-state index in [2.05, 4.69) is 29.4 Å². The average Bonchev–Trinajstić information content (AvgIpc) is 1.65. The number of nitrogens with one attached hydrogen (secondary N) is 1. The molecule has 3 heteroatoms. The summed E-state index contributed by atoms with van der Waals surface area (Å²) < 4.78 is 4.02. The molecule has 2 radical (unpaired) electrons. The summed E-state index contributed by atoms with van der Waals surface area (Å²) >= 11 is 4.40. The molecule has 0 aliphatic carbocycles. The molecule has 0 aromatic heterocycles. The summed E-state index contributed by atoms with van der Waals surface area (Å²) in [5, 5.41) is 2.70. The zero-order valence-electron chi connectivity index (χ0n) is 3.39. The van der Waals surface area contributed by atoms with E-state index in [1.54, 1.807) is 7.05 Å². The molecule has 0 spiro atoms. The minimum atomic E-state index is 0.204. The Hall–Kier alpha value is -0.310. The van der Waals surface area contributed by atoms with Crippen molar-refractivity contribution in [2.75, 3.05) is 7.05 Å². The third kappa shape index (κ3) is 1.96. The van der Waals surface area contributed by atoms with Crippen molar-refractivity contribution in [2.24, 2.45) is 0 Å². The van der Waals surface area contributed by atoms with Gasteiger partial charge in [0.1, 0.15) is 0 Å². The van der Waals surface area contributed by atoms with Gasteiger partial charge in [-0.05, 0) is 12.2 Å². The quantitative estimate of drug-likeness (QED) is 0.442. The van der Waals surface area contributed by atoms with Crippen molar-refractivity contribution in [3.63, 3.8) is 0 Å². The van der Waals surface area contributed by atoms with Crippen LogP contribution in [0.4, 0.5) is 0 Å². The second-order valence-corrected chi connectivity index (χ2v) is 1.03. The molecule has 0 aromatic rings. The van der Waals surface area contributed by atoms with Crippen LogP contribution in [0.3, 0.4) is 0 Å². The van der Waals surface area contributed by atoms with Gasteiger partial charge in [-0.25, -0.2) is 0 Å². The first-order valence-electron chi connectivity index (χ1n) is 1.39. The lowest BCUT2D eigenvalue weighted by atomic mass is 11.1. The molecule has 0 fully saturated rings. The van der Waals surface area contributed by atoms with E-state index >= 15 is 0 Å². The topological polar surface area (TPSA) is 21.3 Å². The highest BCUT2D eigenvalue weighted by molar-refractivity contribution is 7.80. The molecule has 0 unspecified atom stereocenters. The SMILES string of the molecule is [CH]OC(=S)NC. The number of hydrogen-bond acceptors (Lipinski definition) is 2. The van der Waals surface area contributed by atoms with Gasteiger partial charge in [0, 0.05) is 7.05 Å². The van der Waals surface area contributed by atoms with Crippen LogP contribution in [0.2, 0.25) is 0 Å². The predicted molar refractivity (Wildman–Crippen MR) is 27.0 cm³/mol. The van der Waals surface area contributed by atoms with E-state index < -0.39 is 0 Å². The molecule has 0 aromatic carbocycles. The molecule has 0 saturated carbocycles. The summed E-state index contributed by atoms with van der Waals surface area (Å²) in [5.41, 5.74) is 0. The first-order chi connectivity index (χ1) is 2.81. The van der Waals surface area contributed by atoms with E-state index in [0.29, 0.717) is 0 Å². The molecular weight excluding hydrogens is 98.1 g/mol. The van der Waals surface area contributed by atoms with Crippen LogP contribution in [-0.4, -0.2) is 12.2 Å². The lowest BCUT2D eigenvalue weighted by Gasteiger charge is -1.93. The van der Waals surface area contributed by atoms with Gasteiger partial charge >= 0.3 is 0 Å². The number of ether oxygens (including phenoxy) is 1. The van der Waals surface area contributed by atoms with Gasteiger partial charge < -0.3 is 10.1 Å². The zero-order valence-corrected chi connectivity index (χ0v) is 4.21. The largest absolute Gasteiger partial charge is 0.459 e. The standard InChI is InChI=1S/C3H5NOS/c1-4-3(6)5-2/h2H,1H3,(H,4,6). The van der Waals surface area contributed by atoms with Crippen molar-refractivity contribution < 1.29 is 4.74 Å². The second kappa shape index (κ2) is 2.90. The van der Waals surface area contributed by atoms with Gasteiger partial charge in [0.2, 0.25) is 0 Å². The normalized spacial score (nSPS) is 7.00. The molecule has 0 bridgehead atoms. The lowest BCUT2D eigenvalue weighted by Crippen LogP contribution is -2.15. The summed E-state index contributed by atoms with van der Waals surface area (Å²) in [6.07, 6.45) is 0. The van der Waals surface area contributed by atoms with Crippen molar-refractivity contribution in [1.82, 2.24) is 5.32 Å². The Morgan fingerprint density at radius 3 is 2.50 bits per heavy atom. The Bertz CT molecular complexity index is 48.8. The van der Waals surface area contributed by atoms with E-state index in [1.807, 2.05) is 0 Å². The Labute approximate surface area is 42.5 Å². The molecule has 0 atom stereocenters. The highest BCUT2D eigenvalue weighted by Crippen LogP contribution is 1.67. The smallest absolute Gasteiger partial charge is 0.256 e. The Balaban J connectivity index is 2.99. The van der Waals surface area contributed by atoms with Gasteiger partial charge in [0.25, 0.3) is 5.17 Å². The van der Waals surface area contributed by atoms with E-state index in [9.17, 15) is 0 Å². The molecule has 0 aliphatic rings. The van der Waals surface area contributed by atoms with Crippen LogP contribution in [0.1, 0.15) is 0 Å². The van der Waals surface area contributed by atoms with E-state index in [1.165, 1.54) is 0 Å². The first kappa shape index (κ1) is 5.69. The lowest BCUT2D eigenvalue weighted by molar-refractivity contribution is 0.456. The Morgan fingerprint density at radius 1 is 2.00 bits per heavy atom. The molecule has 6 heavy (non-hydrogen) atoms. The second-order valence-electron chi connectivity index (χ2n) is 0.655. The van der Waals surface area contributed by atoms with Crippen LogP contribution >= 0.6 is 12.2 Å². The van der Waals surface area contributed by atoms with Crippen molar-refractivity contribution in [3.8, 4) is 0 Å². The summed E-state index contributed by atoms with van der Waals surface area (Å²) in [6.45, 7) is 0. The molecule has 0 heterocycles. The molecule has 1 N–H and O–H groups in total. The van der Waals surface area contributed by atoms with Crippen molar-refractivity contribution in [1.29, 1.82) is 0 Å². The number of hydrogen-bond donors (Lipinski definition) is 1. The summed E-state index contributed by atoms with van der Waals surface area (Å²) in [7, 11) is 6.21. The molecule has 34 valence electrons. The highest BCUT2D eigenvalue weighted by atomic mass is 32.1. The minimum absolute atomic E-state index is 0.204. The van der Waals surface area contributed by atoms with Crippen LogP contribution < -0.4 is 5.32 Å². The summed E-state index contributed by atoms with van der Waals surface area (Å²) in [4.78, 5) is 0. The first-order valence-corrected chi connectivity index (χ1v) is 1.80.